The summed E-state index contributed by atoms with van der Waals surface area (Å²) in [6, 6.07) is 32.5. The van der Waals surface area contributed by atoms with Gasteiger partial charge in [0, 0.05) is 55.7 Å². The van der Waals surface area contributed by atoms with Crippen LogP contribution in [0.1, 0.15) is 97.2 Å². The highest BCUT2D eigenvalue weighted by molar-refractivity contribution is 6.04. The second kappa shape index (κ2) is 24.4. The van der Waals surface area contributed by atoms with Crippen molar-refractivity contribution in [3.63, 3.8) is 0 Å². The number of anilines is 1. The van der Waals surface area contributed by atoms with Crippen LogP contribution in [0.5, 0.6) is 23.0 Å². The van der Waals surface area contributed by atoms with Gasteiger partial charge in [0.15, 0.2) is 0 Å². The van der Waals surface area contributed by atoms with E-state index in [0.29, 0.717) is 78.5 Å². The number of aliphatic hydroxyl groups is 2. The summed E-state index contributed by atoms with van der Waals surface area (Å²) in [4.78, 5) is 37.8. The Morgan fingerprint density at radius 3 is 2.45 bits per heavy atom. The highest BCUT2D eigenvalue weighted by Crippen LogP contribution is 2.62. The van der Waals surface area contributed by atoms with Crippen molar-refractivity contribution in [2.75, 3.05) is 46.0 Å². The van der Waals surface area contributed by atoms with Crippen molar-refractivity contribution in [3.05, 3.63) is 150 Å². The Morgan fingerprint density at radius 1 is 0.920 bits per heavy atom. The predicted octanol–water partition coefficient (Wildman–Crippen LogP) is 10.8. The van der Waals surface area contributed by atoms with Crippen molar-refractivity contribution < 1.29 is 53.1 Å². The Kier molecular flexibility index (Phi) is 17.1. The number of hydrogen-bond donors (Lipinski definition) is 3. The number of fused-ring (bicyclic) bond motifs is 3. The minimum Gasteiger partial charge on any atom is -0.497 e. The van der Waals surface area contributed by atoms with Gasteiger partial charge in [-0.3, -0.25) is 10.1 Å². The zero-order valence-electron chi connectivity index (χ0n) is 42.7. The second-order valence-corrected chi connectivity index (χ2v) is 19.5. The lowest BCUT2D eigenvalue weighted by atomic mass is 9.55. The molecular weight excluding hydrogens is 953 g/mol. The van der Waals surface area contributed by atoms with Gasteiger partial charge in [0.05, 0.1) is 56.4 Å². The molecule has 75 heavy (non-hydrogen) atoms. The first-order valence-corrected chi connectivity index (χ1v) is 26.1. The first-order chi connectivity index (χ1) is 36.7. The van der Waals surface area contributed by atoms with Gasteiger partial charge in [-0.25, -0.2) is 4.79 Å². The lowest BCUT2D eigenvalue weighted by Crippen LogP contribution is -2.70. The van der Waals surface area contributed by atoms with E-state index in [1.54, 1.807) is 67.8 Å². The zero-order valence-corrected chi connectivity index (χ0v) is 42.7. The van der Waals surface area contributed by atoms with Gasteiger partial charge in [-0.2, -0.15) is 5.26 Å². The van der Waals surface area contributed by atoms with Crippen molar-refractivity contribution in [1.29, 1.82) is 5.26 Å². The molecular formula is C60H66N4O11. The van der Waals surface area contributed by atoms with Crippen LogP contribution in [0.2, 0.25) is 0 Å². The molecule has 0 radical (unpaired) electrons. The topological polar surface area (TPSA) is 191 Å². The number of unbranched alkanes of at least 4 members (excludes halogenated alkanes) is 2. The molecule has 15 heteroatoms. The lowest BCUT2D eigenvalue weighted by Gasteiger charge is -2.60. The summed E-state index contributed by atoms with van der Waals surface area (Å²) in [5, 5.41) is 39.9. The van der Waals surface area contributed by atoms with Gasteiger partial charge in [0.2, 0.25) is 12.1 Å². The molecule has 1 saturated heterocycles. The van der Waals surface area contributed by atoms with Crippen molar-refractivity contribution in [2.45, 2.75) is 94.8 Å². The maximum Gasteiger partial charge on any atom is 0.417 e. The Hall–Kier alpha value is -7.22. The number of nitriles is 1. The predicted molar refractivity (Wildman–Crippen MR) is 284 cm³/mol. The lowest BCUT2D eigenvalue weighted by molar-refractivity contribution is -0.255. The van der Waals surface area contributed by atoms with Crippen molar-refractivity contribution in [3.8, 4) is 29.1 Å². The van der Waals surface area contributed by atoms with Gasteiger partial charge >= 0.3 is 6.09 Å². The summed E-state index contributed by atoms with van der Waals surface area (Å²) in [5.41, 5.74) is 4.31. The third kappa shape index (κ3) is 11.4. The third-order valence-corrected chi connectivity index (χ3v) is 15.0. The molecule has 0 bridgehead atoms. The van der Waals surface area contributed by atoms with Crippen LogP contribution in [0.3, 0.4) is 0 Å². The molecule has 9 rings (SSSR count). The second-order valence-electron chi connectivity index (χ2n) is 19.5. The summed E-state index contributed by atoms with van der Waals surface area (Å²) >= 11 is 0. The number of oxime groups is 1. The number of ether oxygens (including phenoxy) is 6. The average molecular weight is 1020 g/mol. The van der Waals surface area contributed by atoms with Gasteiger partial charge in [0.1, 0.15) is 29.0 Å². The normalized spacial score (nSPS) is 23.1. The molecule has 3 N–H and O–H groups in total. The fraction of sp³-hybridized carbons (Fsp3) is 0.400. The molecule has 2 fully saturated rings. The fourth-order valence-corrected chi connectivity index (χ4v) is 11.6. The summed E-state index contributed by atoms with van der Waals surface area (Å²) in [6.07, 6.45) is 9.39. The summed E-state index contributed by atoms with van der Waals surface area (Å²) in [7, 11) is 3.05. The molecule has 0 spiro atoms. The third-order valence-electron chi connectivity index (χ3n) is 15.0. The smallest absolute Gasteiger partial charge is 0.417 e. The van der Waals surface area contributed by atoms with E-state index in [9.17, 15) is 20.3 Å². The van der Waals surface area contributed by atoms with Gasteiger partial charge < -0.3 is 48.4 Å². The number of carbonyl (C=O) groups is 2. The molecule has 15 nitrogen and oxygen atoms in total. The Bertz CT molecular complexity index is 2920. The fourth-order valence-electron chi connectivity index (χ4n) is 11.6. The van der Waals surface area contributed by atoms with Crippen molar-refractivity contribution in [2.24, 2.45) is 22.9 Å². The van der Waals surface area contributed by atoms with E-state index in [2.05, 4.69) is 30.1 Å². The average Bonchev–Trinajstić information content (AvgIpc) is 3.48. The summed E-state index contributed by atoms with van der Waals surface area (Å²) < 4.78 is 37.9. The molecule has 1 saturated carbocycles. The first kappa shape index (κ1) is 52.6. The highest BCUT2D eigenvalue weighted by atomic mass is 16.8. The van der Waals surface area contributed by atoms with Gasteiger partial charge in [0.25, 0.3) is 5.91 Å². The Morgan fingerprint density at radius 2 is 1.71 bits per heavy atom. The molecule has 2 aliphatic carbocycles. The number of hydrogen-bond acceptors (Lipinski definition) is 13. The van der Waals surface area contributed by atoms with Crippen LogP contribution < -0.4 is 24.3 Å². The number of rotatable bonds is 21. The highest BCUT2D eigenvalue weighted by Gasteiger charge is 2.65. The molecule has 4 aliphatic rings. The van der Waals surface area contributed by atoms with Crippen LogP contribution in [0.4, 0.5) is 10.5 Å². The van der Waals surface area contributed by atoms with Gasteiger partial charge in [-0.1, -0.05) is 72.6 Å². The van der Waals surface area contributed by atoms with E-state index in [1.165, 1.54) is 7.11 Å². The minimum atomic E-state index is -1.60. The van der Waals surface area contributed by atoms with Crippen LogP contribution in [0.25, 0.3) is 10.8 Å². The van der Waals surface area contributed by atoms with E-state index in [1.807, 2.05) is 47.4 Å². The monoisotopic (exact) mass is 1020 g/mol. The quantitative estimate of drug-likeness (QED) is 0.0359. The van der Waals surface area contributed by atoms with Crippen molar-refractivity contribution >= 4 is 34.2 Å². The summed E-state index contributed by atoms with van der Waals surface area (Å²) in [6.45, 7) is 4.91. The molecule has 5 aromatic rings. The van der Waals surface area contributed by atoms with E-state index < -0.39 is 36.0 Å². The maximum absolute atomic E-state index is 15.8. The molecule has 0 aromatic heterocycles. The number of benzene rings is 5. The summed E-state index contributed by atoms with van der Waals surface area (Å²) in [5.74, 6) is -1.43. The number of nitrogens with zero attached hydrogens (tertiary/aromatic N) is 3. The SMILES string of the molecule is C=CCO[C@@]12Oc3ccc(OC(=O)Nc4ccc(OC)cc4OC)cc3[C@H]3[C@H](CCCCO)[C@@H](CCCCO)C=C(C(=NOC4CCCCO4)C[C@@H]1N(Cc1cccc4ccccc14)C(=O)c1ccc(C#N)cc1)[C@H]32. The zero-order chi connectivity index (χ0) is 52.3. The van der Waals surface area contributed by atoms with Crippen LogP contribution in [-0.4, -0.2) is 91.6 Å². The molecule has 5 aromatic carbocycles. The van der Waals surface area contributed by atoms with Gasteiger partial charge in [-0.15, -0.1) is 6.58 Å². The number of aliphatic hydroxyl groups excluding tert-OH is 2. The van der Waals surface area contributed by atoms with Gasteiger partial charge in [-0.05, 0) is 127 Å². The van der Waals surface area contributed by atoms with E-state index in [4.69, 9.17) is 38.4 Å². The number of amides is 2. The Labute approximate surface area is 438 Å². The number of methoxy groups -OCH3 is 2. The van der Waals surface area contributed by atoms with E-state index in [-0.39, 0.29) is 56.3 Å². The Balaban J connectivity index is 1.25. The maximum atomic E-state index is 15.8. The number of nitrogens with one attached hydrogen (secondary N) is 1. The minimum absolute atomic E-state index is 0.0231. The standard InChI is InChI=1S/C60H66N4O11/c1-4-31-72-60-54(64(58(67)41-23-21-39(37-61)22-24-41)38-43-17-13-16-40-14-5-6-18-46(40)43)36-51(63-75-55-20-9-12-32-71-55)48-33-42(15-7-10-29-65)47(19-8-11-30-66)56(57(48)60)49-34-45(26-28-52(49)74-60)73-59(68)62-50-27-25-44(69-2)35-53(50)70-3/h4-6,13-14,16-18,21-28,33-35,42,47,54-57,65-66H,1,7-12,15,19-20,29-32,36,38H2,2-3H3,(H,62,68)/t42-,47+,54-,55?,56+,57+,60+/m0/s1. The van der Waals surface area contributed by atoms with Crippen LogP contribution in [0.15, 0.2) is 133 Å². The molecule has 1 unspecified atom stereocenters. The van der Waals surface area contributed by atoms with E-state index in [0.717, 1.165) is 53.2 Å². The van der Waals surface area contributed by atoms with Crippen LogP contribution in [0, 0.1) is 29.1 Å². The largest absolute Gasteiger partial charge is 0.497 e. The van der Waals surface area contributed by atoms with Crippen LogP contribution in [-0.2, 0) is 20.9 Å². The van der Waals surface area contributed by atoms with Crippen molar-refractivity contribution in [1.82, 2.24) is 4.90 Å². The van der Waals surface area contributed by atoms with E-state index >= 15 is 4.79 Å². The molecule has 2 aliphatic heterocycles. The number of carbonyl (C=O) groups excluding carboxylic acids is 2. The molecule has 2 amide bonds. The molecule has 7 atom stereocenters. The van der Waals surface area contributed by atoms with Crippen LogP contribution >= 0.6 is 0 Å². The number of allylic oxidation sites excluding steroid dienone is 1. The molecule has 392 valence electrons. The first-order valence-electron chi connectivity index (χ1n) is 26.1. The molecule has 2 heterocycles.